The van der Waals surface area contributed by atoms with Crippen LogP contribution in [0.4, 0.5) is 0 Å². The lowest BCUT2D eigenvalue weighted by molar-refractivity contribution is 0.0905. The fourth-order valence-corrected chi connectivity index (χ4v) is 3.55. The first-order valence-corrected chi connectivity index (χ1v) is 8.70. The van der Waals surface area contributed by atoms with Crippen molar-refractivity contribution in [2.24, 2.45) is 0 Å². The second-order valence-corrected chi connectivity index (χ2v) is 6.88. The molecule has 1 N–H and O–H groups in total. The molecule has 22 heavy (non-hydrogen) atoms. The van der Waals surface area contributed by atoms with Gasteiger partial charge in [0.15, 0.2) is 0 Å². The van der Waals surface area contributed by atoms with Crippen LogP contribution in [0.1, 0.15) is 31.1 Å². The maximum absolute atomic E-state index is 12.3. The maximum atomic E-state index is 12.3. The highest BCUT2D eigenvalue weighted by atomic mass is 32.2. The third-order valence-corrected chi connectivity index (χ3v) is 5.32. The lowest BCUT2D eigenvalue weighted by Gasteiger charge is -2.18. The number of ether oxygens (including phenoxy) is 1. The van der Waals surface area contributed by atoms with E-state index in [-0.39, 0.29) is 16.8 Å². The van der Waals surface area contributed by atoms with Gasteiger partial charge in [-0.25, -0.2) is 8.42 Å². The lowest BCUT2D eigenvalue weighted by atomic mass is 10.2. The maximum Gasteiger partial charge on any atom is 0.251 e. The summed E-state index contributed by atoms with van der Waals surface area (Å²) in [5.41, 5.74) is 0.418. The number of methoxy groups -OCH3 is 1. The van der Waals surface area contributed by atoms with Gasteiger partial charge in [-0.2, -0.15) is 4.31 Å². The predicted octanol–water partition coefficient (Wildman–Crippen LogP) is 1.48. The molecule has 0 saturated heterocycles. The van der Waals surface area contributed by atoms with Crippen molar-refractivity contribution >= 4 is 15.9 Å². The van der Waals surface area contributed by atoms with Crippen LogP contribution in [-0.2, 0) is 14.8 Å². The van der Waals surface area contributed by atoms with Gasteiger partial charge in [-0.15, -0.1) is 0 Å². The van der Waals surface area contributed by atoms with Gasteiger partial charge in [-0.05, 0) is 31.2 Å². The number of amides is 1. The quantitative estimate of drug-likeness (QED) is 0.784. The molecule has 1 atom stereocenters. The van der Waals surface area contributed by atoms with Crippen molar-refractivity contribution in [1.82, 2.24) is 9.62 Å². The molecule has 7 heteroatoms. The zero-order valence-electron chi connectivity index (χ0n) is 13.5. The van der Waals surface area contributed by atoms with E-state index in [2.05, 4.69) is 5.32 Å². The second-order valence-electron chi connectivity index (χ2n) is 4.94. The van der Waals surface area contributed by atoms with Crippen LogP contribution in [-0.4, -0.2) is 51.5 Å². The summed E-state index contributed by atoms with van der Waals surface area (Å²) >= 11 is 0. The van der Waals surface area contributed by atoms with E-state index in [0.29, 0.717) is 25.3 Å². The van der Waals surface area contributed by atoms with Crippen molar-refractivity contribution in [1.29, 1.82) is 0 Å². The Morgan fingerprint density at radius 1 is 1.23 bits per heavy atom. The van der Waals surface area contributed by atoms with Crippen LogP contribution in [0.15, 0.2) is 29.2 Å². The van der Waals surface area contributed by atoms with E-state index >= 15 is 0 Å². The van der Waals surface area contributed by atoms with Crippen molar-refractivity contribution in [2.75, 3.05) is 26.8 Å². The third kappa shape index (κ3) is 4.53. The van der Waals surface area contributed by atoms with Crippen LogP contribution in [0.25, 0.3) is 0 Å². The molecule has 0 aliphatic heterocycles. The molecule has 0 bridgehead atoms. The zero-order valence-corrected chi connectivity index (χ0v) is 14.3. The van der Waals surface area contributed by atoms with E-state index in [1.165, 1.54) is 28.6 Å². The third-order valence-electron chi connectivity index (χ3n) is 3.25. The van der Waals surface area contributed by atoms with Crippen LogP contribution in [0.5, 0.6) is 0 Å². The number of carbonyl (C=O) groups is 1. The number of carbonyl (C=O) groups excluding carboxylic acids is 1. The van der Waals surface area contributed by atoms with Crippen LogP contribution < -0.4 is 5.32 Å². The van der Waals surface area contributed by atoms with Crippen molar-refractivity contribution in [3.05, 3.63) is 29.8 Å². The summed E-state index contributed by atoms with van der Waals surface area (Å²) in [6, 6.07) is 5.85. The molecule has 0 aliphatic rings. The molecule has 124 valence electrons. The van der Waals surface area contributed by atoms with Crippen molar-refractivity contribution in [3.63, 3.8) is 0 Å². The number of nitrogens with one attached hydrogen (secondary N) is 1. The minimum absolute atomic E-state index is 0.114. The second kappa shape index (κ2) is 8.26. The van der Waals surface area contributed by atoms with E-state index in [0.717, 1.165) is 0 Å². The van der Waals surface area contributed by atoms with Gasteiger partial charge in [0.25, 0.3) is 5.91 Å². The molecule has 0 saturated carbocycles. The van der Waals surface area contributed by atoms with E-state index in [1.54, 1.807) is 21.0 Å². The molecule has 6 nitrogen and oxygen atoms in total. The van der Waals surface area contributed by atoms with E-state index in [1.807, 2.05) is 6.92 Å². The Labute approximate surface area is 132 Å². The normalized spacial score (nSPS) is 13.1. The van der Waals surface area contributed by atoms with Crippen molar-refractivity contribution in [3.8, 4) is 0 Å². The van der Waals surface area contributed by atoms with Crippen LogP contribution in [0.3, 0.4) is 0 Å². The summed E-state index contributed by atoms with van der Waals surface area (Å²) in [6.07, 6.45) is 0. The highest BCUT2D eigenvalue weighted by Gasteiger charge is 2.21. The molecule has 1 aromatic carbocycles. The molecule has 0 fully saturated rings. The van der Waals surface area contributed by atoms with Crippen LogP contribution in [0, 0.1) is 0 Å². The summed E-state index contributed by atoms with van der Waals surface area (Å²) in [5.74, 6) is -0.253. The molecule has 1 rings (SSSR count). The molecule has 1 aromatic rings. The first-order valence-electron chi connectivity index (χ1n) is 7.26. The van der Waals surface area contributed by atoms with E-state index < -0.39 is 10.0 Å². The molecule has 1 unspecified atom stereocenters. The van der Waals surface area contributed by atoms with E-state index in [4.69, 9.17) is 4.74 Å². The zero-order chi connectivity index (χ0) is 16.8. The van der Waals surface area contributed by atoms with Gasteiger partial charge < -0.3 is 10.1 Å². The predicted molar refractivity (Wildman–Crippen MR) is 85.4 cm³/mol. The van der Waals surface area contributed by atoms with Crippen LogP contribution >= 0.6 is 0 Å². The Balaban J connectivity index is 2.89. The molecule has 0 heterocycles. The van der Waals surface area contributed by atoms with Gasteiger partial charge in [0.1, 0.15) is 0 Å². The Kier molecular flexibility index (Phi) is 6.99. The molecule has 1 amide bonds. The van der Waals surface area contributed by atoms with Gasteiger partial charge in [0.05, 0.1) is 11.5 Å². The Morgan fingerprint density at radius 3 is 2.23 bits per heavy atom. The van der Waals surface area contributed by atoms with Gasteiger partial charge in [-0.1, -0.05) is 13.8 Å². The monoisotopic (exact) mass is 328 g/mol. The van der Waals surface area contributed by atoms with Gasteiger partial charge in [-0.3, -0.25) is 4.79 Å². The Bertz CT molecular complexity index is 580. The van der Waals surface area contributed by atoms with Gasteiger partial charge in [0.2, 0.25) is 10.0 Å². The molecule has 0 radical (unpaired) electrons. The molecular formula is C15H24N2O4S. The summed E-state index contributed by atoms with van der Waals surface area (Å²) in [6.45, 7) is 6.66. The Morgan fingerprint density at radius 2 is 1.77 bits per heavy atom. The van der Waals surface area contributed by atoms with Crippen molar-refractivity contribution in [2.45, 2.75) is 31.7 Å². The highest BCUT2D eigenvalue weighted by Crippen LogP contribution is 2.16. The fraction of sp³-hybridized carbons (Fsp3) is 0.533. The standard InChI is InChI=1S/C15H24N2O4S/c1-5-17(6-2)22(19,20)14-9-7-13(8-10-14)15(18)16-12(3)11-21-4/h7-10,12H,5-6,11H2,1-4H3,(H,16,18). The largest absolute Gasteiger partial charge is 0.383 e. The summed E-state index contributed by atoms with van der Waals surface area (Å²) in [4.78, 5) is 12.2. The van der Waals surface area contributed by atoms with E-state index in [9.17, 15) is 13.2 Å². The minimum Gasteiger partial charge on any atom is -0.383 e. The topological polar surface area (TPSA) is 75.7 Å². The van der Waals surface area contributed by atoms with Crippen LogP contribution in [0.2, 0.25) is 0 Å². The fourth-order valence-electron chi connectivity index (χ4n) is 2.09. The summed E-state index contributed by atoms with van der Waals surface area (Å²) in [5, 5.41) is 2.78. The van der Waals surface area contributed by atoms with Gasteiger partial charge in [0, 0.05) is 31.8 Å². The first kappa shape index (κ1) is 18.6. The smallest absolute Gasteiger partial charge is 0.251 e. The number of benzene rings is 1. The lowest BCUT2D eigenvalue weighted by Crippen LogP contribution is -2.35. The number of sulfonamides is 1. The number of nitrogens with zero attached hydrogens (tertiary/aromatic N) is 1. The minimum atomic E-state index is -3.49. The number of rotatable bonds is 8. The molecular weight excluding hydrogens is 304 g/mol. The number of hydrogen-bond acceptors (Lipinski definition) is 4. The average molecular weight is 328 g/mol. The van der Waals surface area contributed by atoms with Crippen molar-refractivity contribution < 1.29 is 17.9 Å². The molecule has 0 spiro atoms. The molecule has 0 aromatic heterocycles. The summed E-state index contributed by atoms with van der Waals surface area (Å²) in [7, 11) is -1.93. The first-order chi connectivity index (χ1) is 10.4. The van der Waals surface area contributed by atoms with Gasteiger partial charge >= 0.3 is 0 Å². The number of hydrogen-bond donors (Lipinski definition) is 1. The average Bonchev–Trinajstić information content (AvgIpc) is 2.48. The summed E-state index contributed by atoms with van der Waals surface area (Å²) < 4.78 is 31.0. The Hall–Kier alpha value is -1.44. The molecule has 0 aliphatic carbocycles. The SMILES string of the molecule is CCN(CC)S(=O)(=O)c1ccc(C(=O)NC(C)COC)cc1. The highest BCUT2D eigenvalue weighted by molar-refractivity contribution is 7.89.